The van der Waals surface area contributed by atoms with Crippen LogP contribution in [0.25, 0.3) is 0 Å². The molecule has 0 bridgehead atoms. The van der Waals surface area contributed by atoms with E-state index in [1.54, 1.807) is 0 Å². The van der Waals surface area contributed by atoms with Crippen LogP contribution in [-0.2, 0) is 14.2 Å². The average Bonchev–Trinajstić information content (AvgIpc) is 3.30. The lowest BCUT2D eigenvalue weighted by atomic mass is 9.98. The van der Waals surface area contributed by atoms with Gasteiger partial charge >= 0.3 is 0 Å². The van der Waals surface area contributed by atoms with E-state index in [0.717, 1.165) is 46.0 Å². The first-order chi connectivity index (χ1) is 11.8. The Labute approximate surface area is 145 Å². The molecule has 0 aromatic heterocycles. The van der Waals surface area contributed by atoms with Gasteiger partial charge in [-0.15, -0.1) is 0 Å². The Hall–Kier alpha value is -0.240. The van der Waals surface area contributed by atoms with E-state index in [1.807, 2.05) is 0 Å². The van der Waals surface area contributed by atoms with Gasteiger partial charge in [-0.2, -0.15) is 5.53 Å². The largest absolute Gasteiger partial charge is 0.378 e. The van der Waals surface area contributed by atoms with Crippen LogP contribution in [-0.4, -0.2) is 74.3 Å². The quantitative estimate of drug-likeness (QED) is 0.793. The summed E-state index contributed by atoms with van der Waals surface area (Å²) in [6.07, 6.45) is 9.71. The van der Waals surface area contributed by atoms with E-state index >= 15 is 0 Å². The van der Waals surface area contributed by atoms with Crippen molar-refractivity contribution in [1.29, 1.82) is 0 Å². The van der Waals surface area contributed by atoms with Gasteiger partial charge in [0.1, 0.15) is 0 Å². The smallest absolute Gasteiger partial charge is 0.0717 e. The molecular weight excluding hydrogens is 306 g/mol. The molecule has 4 heterocycles. The molecule has 3 unspecified atom stereocenters. The Bertz CT molecular complexity index is 317. The zero-order chi connectivity index (χ0) is 16.2. The first kappa shape index (κ1) is 17.2. The second-order valence-corrected chi connectivity index (χ2v) is 7.92. The van der Waals surface area contributed by atoms with E-state index in [2.05, 4.69) is 15.6 Å². The van der Waals surface area contributed by atoms with Crippen LogP contribution in [0.3, 0.4) is 0 Å². The Morgan fingerprint density at radius 1 is 0.708 bits per heavy atom. The van der Waals surface area contributed by atoms with Crippen molar-refractivity contribution >= 4 is 0 Å². The molecule has 0 aromatic carbocycles. The van der Waals surface area contributed by atoms with Crippen LogP contribution in [0.5, 0.6) is 0 Å². The first-order valence-electron chi connectivity index (χ1n) is 9.96. The van der Waals surface area contributed by atoms with Gasteiger partial charge in [0.25, 0.3) is 0 Å². The molecular formula is C18H33N3O3. The number of rotatable bonds is 6. The van der Waals surface area contributed by atoms with Gasteiger partial charge in [0.05, 0.1) is 18.3 Å². The van der Waals surface area contributed by atoms with Crippen LogP contribution in [0, 0.1) is 5.92 Å². The third-order valence-corrected chi connectivity index (χ3v) is 5.76. The van der Waals surface area contributed by atoms with Crippen molar-refractivity contribution in [3.8, 4) is 0 Å². The zero-order valence-electron chi connectivity index (χ0n) is 14.8. The molecule has 4 aliphatic heterocycles. The summed E-state index contributed by atoms with van der Waals surface area (Å²) in [5.74, 6) is 0.664. The van der Waals surface area contributed by atoms with Crippen LogP contribution in [0.1, 0.15) is 44.9 Å². The zero-order valence-corrected chi connectivity index (χ0v) is 14.8. The molecule has 1 N–H and O–H groups in total. The minimum Gasteiger partial charge on any atom is -0.378 e. The second kappa shape index (κ2) is 8.43. The van der Waals surface area contributed by atoms with Crippen molar-refractivity contribution in [2.75, 3.05) is 46.0 Å². The molecule has 0 amide bonds. The minimum atomic E-state index is 0.392. The summed E-state index contributed by atoms with van der Waals surface area (Å²) in [6, 6.07) is 0. The van der Waals surface area contributed by atoms with Crippen LogP contribution >= 0.6 is 0 Å². The summed E-state index contributed by atoms with van der Waals surface area (Å²) in [6.45, 7) is 6.99. The molecule has 6 heteroatoms. The third kappa shape index (κ3) is 4.68. The molecule has 0 saturated carbocycles. The third-order valence-electron chi connectivity index (χ3n) is 5.76. The van der Waals surface area contributed by atoms with Gasteiger partial charge in [-0.25, -0.2) is 10.0 Å². The fraction of sp³-hybridized carbons (Fsp3) is 1.00. The highest BCUT2D eigenvalue weighted by atomic mass is 16.5. The van der Waals surface area contributed by atoms with E-state index in [4.69, 9.17) is 14.2 Å². The predicted octanol–water partition coefficient (Wildman–Crippen LogP) is 1.57. The fourth-order valence-electron chi connectivity index (χ4n) is 4.61. The molecule has 138 valence electrons. The number of hydrazine groups is 2. The van der Waals surface area contributed by atoms with Crippen LogP contribution in [0.4, 0.5) is 0 Å². The van der Waals surface area contributed by atoms with Gasteiger partial charge in [-0.05, 0) is 50.9 Å². The summed E-state index contributed by atoms with van der Waals surface area (Å²) >= 11 is 0. The Kier molecular flexibility index (Phi) is 6.04. The van der Waals surface area contributed by atoms with Crippen LogP contribution in [0.15, 0.2) is 0 Å². The monoisotopic (exact) mass is 339 g/mol. The van der Waals surface area contributed by atoms with Gasteiger partial charge in [0.15, 0.2) is 0 Å². The van der Waals surface area contributed by atoms with Crippen LogP contribution < -0.4 is 5.53 Å². The number of ether oxygens (including phenoxy) is 3. The van der Waals surface area contributed by atoms with Gasteiger partial charge in [-0.3, -0.25) is 0 Å². The summed E-state index contributed by atoms with van der Waals surface area (Å²) < 4.78 is 17.6. The van der Waals surface area contributed by atoms with Gasteiger partial charge in [-0.1, -0.05) is 0 Å². The number of hydrogen-bond donors (Lipinski definition) is 1. The molecule has 24 heavy (non-hydrogen) atoms. The van der Waals surface area contributed by atoms with Gasteiger partial charge in [0, 0.05) is 46.0 Å². The topological polar surface area (TPSA) is 46.2 Å². The maximum absolute atomic E-state index is 5.89. The van der Waals surface area contributed by atoms with E-state index in [9.17, 15) is 0 Å². The Balaban J connectivity index is 1.33. The highest BCUT2D eigenvalue weighted by Gasteiger charge is 2.32. The second-order valence-electron chi connectivity index (χ2n) is 7.92. The van der Waals surface area contributed by atoms with E-state index < -0.39 is 0 Å². The number of nitrogens with one attached hydrogen (secondary N) is 1. The molecule has 4 aliphatic rings. The molecule has 4 saturated heterocycles. The molecule has 6 nitrogen and oxygen atoms in total. The van der Waals surface area contributed by atoms with Gasteiger partial charge < -0.3 is 14.2 Å². The average molecular weight is 339 g/mol. The van der Waals surface area contributed by atoms with Crippen molar-refractivity contribution in [2.45, 2.75) is 63.3 Å². The lowest BCUT2D eigenvalue weighted by Gasteiger charge is -2.42. The van der Waals surface area contributed by atoms with Crippen molar-refractivity contribution in [3.63, 3.8) is 0 Å². The molecule has 0 spiro atoms. The van der Waals surface area contributed by atoms with E-state index in [0.29, 0.717) is 24.2 Å². The molecule has 0 radical (unpaired) electrons. The summed E-state index contributed by atoms with van der Waals surface area (Å²) in [4.78, 5) is 0. The lowest BCUT2D eigenvalue weighted by Crippen LogP contribution is -2.61. The normalized spacial score (nSPS) is 39.0. The Morgan fingerprint density at radius 3 is 1.67 bits per heavy atom. The van der Waals surface area contributed by atoms with Crippen molar-refractivity contribution in [2.24, 2.45) is 5.92 Å². The summed E-state index contributed by atoms with van der Waals surface area (Å²) in [5, 5.41) is 4.77. The van der Waals surface area contributed by atoms with Crippen molar-refractivity contribution in [1.82, 2.24) is 15.6 Å². The number of nitrogens with zero attached hydrogens (tertiary/aromatic N) is 2. The highest BCUT2D eigenvalue weighted by Crippen LogP contribution is 2.24. The van der Waals surface area contributed by atoms with Gasteiger partial charge in [0.2, 0.25) is 0 Å². The number of hydrogen-bond acceptors (Lipinski definition) is 6. The minimum absolute atomic E-state index is 0.392. The highest BCUT2D eigenvalue weighted by molar-refractivity contribution is 4.81. The van der Waals surface area contributed by atoms with Crippen molar-refractivity contribution in [3.05, 3.63) is 0 Å². The maximum atomic E-state index is 5.89. The molecule has 0 aromatic rings. The van der Waals surface area contributed by atoms with Crippen molar-refractivity contribution < 1.29 is 14.2 Å². The SMILES string of the molecule is C1COC(CC2CN(CC3CCCO3)NN(CC3CCCO3)C2)C1. The molecule has 4 rings (SSSR count). The summed E-state index contributed by atoms with van der Waals surface area (Å²) in [5.41, 5.74) is 3.63. The lowest BCUT2D eigenvalue weighted by molar-refractivity contribution is -0.0879. The maximum Gasteiger partial charge on any atom is 0.0717 e. The molecule has 0 aliphatic carbocycles. The standard InChI is InChI=1S/C18H33N3O3/c1-4-16(22-7-1)10-15-11-20(13-17-5-2-8-23-17)19-21(12-15)14-18-6-3-9-24-18/h15-19H,1-14H2. The summed E-state index contributed by atoms with van der Waals surface area (Å²) in [7, 11) is 0. The van der Waals surface area contributed by atoms with E-state index in [1.165, 1.54) is 44.9 Å². The fourth-order valence-corrected chi connectivity index (χ4v) is 4.61. The molecule has 3 atom stereocenters. The van der Waals surface area contributed by atoms with Crippen LogP contribution in [0.2, 0.25) is 0 Å². The molecule has 4 fully saturated rings. The Morgan fingerprint density at radius 2 is 1.21 bits per heavy atom. The predicted molar refractivity (Wildman–Crippen MR) is 91.3 cm³/mol. The van der Waals surface area contributed by atoms with E-state index in [-0.39, 0.29) is 0 Å². The first-order valence-corrected chi connectivity index (χ1v) is 9.96.